The second kappa shape index (κ2) is 9.41. The zero-order valence-electron chi connectivity index (χ0n) is 18.6. The lowest BCUT2D eigenvalue weighted by Gasteiger charge is -2.22. The molecule has 1 atom stereocenters. The van der Waals surface area contributed by atoms with Crippen molar-refractivity contribution in [2.45, 2.75) is 25.4 Å². The van der Waals surface area contributed by atoms with E-state index < -0.39 is 0 Å². The van der Waals surface area contributed by atoms with E-state index in [4.69, 9.17) is 10.7 Å². The van der Waals surface area contributed by atoms with Crippen molar-refractivity contribution in [1.82, 2.24) is 14.9 Å². The zero-order chi connectivity index (χ0) is 23.5. The maximum atomic E-state index is 13.4. The van der Waals surface area contributed by atoms with Crippen LogP contribution in [0, 0.1) is 0 Å². The average molecular weight is 452 g/mol. The molecule has 1 fully saturated rings. The van der Waals surface area contributed by atoms with E-state index in [-0.39, 0.29) is 17.9 Å². The highest BCUT2D eigenvalue weighted by Gasteiger charge is 2.28. The van der Waals surface area contributed by atoms with Gasteiger partial charge >= 0.3 is 0 Å². The van der Waals surface area contributed by atoms with E-state index in [2.05, 4.69) is 15.2 Å². The van der Waals surface area contributed by atoms with Gasteiger partial charge in [0, 0.05) is 35.6 Å². The van der Waals surface area contributed by atoms with Gasteiger partial charge in [-0.15, -0.1) is 0 Å². The summed E-state index contributed by atoms with van der Waals surface area (Å²) in [6.45, 7) is 1.45. The van der Waals surface area contributed by atoms with Crippen LogP contribution in [0.15, 0.2) is 79.1 Å². The summed E-state index contributed by atoms with van der Waals surface area (Å²) >= 11 is 0. The van der Waals surface area contributed by atoms with Crippen LogP contribution in [-0.2, 0) is 11.3 Å². The van der Waals surface area contributed by atoms with Crippen molar-refractivity contribution in [2.75, 3.05) is 11.9 Å². The van der Waals surface area contributed by atoms with E-state index in [0.717, 1.165) is 41.4 Å². The fourth-order valence-electron chi connectivity index (χ4n) is 4.55. The number of primary amides is 1. The molecule has 0 bridgehead atoms. The van der Waals surface area contributed by atoms with Gasteiger partial charge < -0.3 is 11.1 Å². The van der Waals surface area contributed by atoms with Crippen molar-refractivity contribution < 1.29 is 9.59 Å². The number of carbonyl (C=O) groups excluding carboxylic acids is 2. The summed E-state index contributed by atoms with van der Waals surface area (Å²) in [5, 5.41) is 3.83. The fourth-order valence-corrected chi connectivity index (χ4v) is 4.55. The minimum atomic E-state index is -0.281. The molecule has 1 saturated heterocycles. The van der Waals surface area contributed by atoms with Gasteiger partial charge in [0.25, 0.3) is 5.91 Å². The van der Waals surface area contributed by atoms with E-state index >= 15 is 0 Å². The number of benzene rings is 2. The van der Waals surface area contributed by atoms with Crippen LogP contribution in [0.3, 0.4) is 0 Å². The van der Waals surface area contributed by atoms with Gasteiger partial charge in [-0.05, 0) is 61.3 Å². The first kappa shape index (κ1) is 21.7. The first-order chi connectivity index (χ1) is 16.6. The molecule has 2 aromatic heterocycles. The third-order valence-electron chi connectivity index (χ3n) is 6.20. The Bertz CT molecular complexity index is 1360. The van der Waals surface area contributed by atoms with Gasteiger partial charge in [-0.25, -0.2) is 4.98 Å². The summed E-state index contributed by atoms with van der Waals surface area (Å²) < 4.78 is 0. The molecule has 7 heteroatoms. The second-order valence-corrected chi connectivity index (χ2v) is 8.49. The Kier molecular flexibility index (Phi) is 6.01. The van der Waals surface area contributed by atoms with Crippen molar-refractivity contribution in [2.24, 2.45) is 5.73 Å². The van der Waals surface area contributed by atoms with Crippen LogP contribution in [0.25, 0.3) is 22.2 Å². The molecule has 2 amide bonds. The maximum Gasteiger partial charge on any atom is 0.256 e. The monoisotopic (exact) mass is 451 g/mol. The highest BCUT2D eigenvalue weighted by atomic mass is 16.2. The van der Waals surface area contributed by atoms with Gasteiger partial charge in [-0.1, -0.05) is 30.3 Å². The fraction of sp³-hybridized carbons (Fsp3) is 0.185. The molecule has 5 rings (SSSR count). The molecule has 2 aromatic carbocycles. The number of nitrogens with two attached hydrogens (primary N) is 1. The van der Waals surface area contributed by atoms with Crippen LogP contribution in [0.1, 0.15) is 28.8 Å². The molecule has 3 heterocycles. The lowest BCUT2D eigenvalue weighted by atomic mass is 10.0. The summed E-state index contributed by atoms with van der Waals surface area (Å²) in [5.41, 5.74) is 10.2. The molecule has 34 heavy (non-hydrogen) atoms. The summed E-state index contributed by atoms with van der Waals surface area (Å²) in [4.78, 5) is 36.0. The molecule has 3 N–H and O–H groups in total. The molecule has 0 spiro atoms. The predicted molar refractivity (Wildman–Crippen MR) is 132 cm³/mol. The number of nitrogens with zero attached hydrogens (tertiary/aromatic N) is 3. The lowest BCUT2D eigenvalue weighted by Crippen LogP contribution is -2.39. The first-order valence-electron chi connectivity index (χ1n) is 11.3. The number of carbonyl (C=O) groups is 2. The Balaban J connectivity index is 1.42. The molecule has 4 aromatic rings. The lowest BCUT2D eigenvalue weighted by molar-refractivity contribution is -0.122. The Morgan fingerprint density at radius 1 is 1.03 bits per heavy atom. The second-order valence-electron chi connectivity index (χ2n) is 8.49. The zero-order valence-corrected chi connectivity index (χ0v) is 18.6. The Hall–Kier alpha value is -4.10. The van der Waals surface area contributed by atoms with E-state index in [9.17, 15) is 9.59 Å². The van der Waals surface area contributed by atoms with Gasteiger partial charge in [0.15, 0.2) is 0 Å². The number of anilines is 1. The number of pyridine rings is 2. The van der Waals surface area contributed by atoms with E-state index in [1.54, 1.807) is 12.4 Å². The number of likely N-dealkylation sites (tertiary alicyclic amines) is 1. The Morgan fingerprint density at radius 3 is 2.68 bits per heavy atom. The molecular formula is C27H25N5O2. The third-order valence-corrected chi connectivity index (χ3v) is 6.20. The predicted octanol–water partition coefficient (Wildman–Crippen LogP) is 4.00. The number of amides is 2. The molecule has 1 unspecified atom stereocenters. The van der Waals surface area contributed by atoms with Crippen LogP contribution in [0.2, 0.25) is 0 Å². The number of fused-ring (bicyclic) bond motifs is 1. The minimum absolute atomic E-state index is 0.206. The average Bonchev–Trinajstić information content (AvgIpc) is 3.32. The van der Waals surface area contributed by atoms with Crippen molar-refractivity contribution in [3.8, 4) is 11.3 Å². The van der Waals surface area contributed by atoms with Crippen LogP contribution in [0.4, 0.5) is 5.69 Å². The normalized spacial score (nSPS) is 15.9. The van der Waals surface area contributed by atoms with Gasteiger partial charge in [-0.2, -0.15) is 0 Å². The van der Waals surface area contributed by atoms with Crippen molar-refractivity contribution in [1.29, 1.82) is 0 Å². The van der Waals surface area contributed by atoms with E-state index in [1.165, 1.54) is 0 Å². The van der Waals surface area contributed by atoms with Crippen molar-refractivity contribution in [3.63, 3.8) is 0 Å². The number of nitrogens with one attached hydrogen (secondary N) is 1. The molecular weight excluding hydrogens is 426 g/mol. The highest BCUT2D eigenvalue weighted by molar-refractivity contribution is 6.13. The van der Waals surface area contributed by atoms with Crippen LogP contribution < -0.4 is 11.1 Å². The summed E-state index contributed by atoms with van der Waals surface area (Å²) in [6, 6.07) is 20.7. The topological polar surface area (TPSA) is 101 Å². The van der Waals surface area contributed by atoms with Crippen LogP contribution in [0.5, 0.6) is 0 Å². The number of hydrogen-bond acceptors (Lipinski definition) is 5. The van der Waals surface area contributed by atoms with Crippen LogP contribution >= 0.6 is 0 Å². The summed E-state index contributed by atoms with van der Waals surface area (Å²) in [6.07, 6.45) is 5.17. The van der Waals surface area contributed by atoms with Crippen LogP contribution in [-0.4, -0.2) is 39.3 Å². The van der Waals surface area contributed by atoms with Crippen molar-refractivity contribution in [3.05, 3.63) is 90.3 Å². The number of para-hydroxylation sites is 1. The Morgan fingerprint density at radius 2 is 1.85 bits per heavy atom. The standard InChI is InChI=1S/C27H25N5O2/c28-26(33)25-9-4-14-32(25)17-18-5-3-6-20(15-18)30-27(34)22-16-24(19-10-12-29-13-11-19)31-23-8-2-1-7-21(22)23/h1-3,5-8,10-13,15-16,25H,4,9,14,17H2,(H2,28,33)(H,30,34). The molecule has 1 aliphatic heterocycles. The summed E-state index contributed by atoms with van der Waals surface area (Å²) in [7, 11) is 0. The molecule has 7 nitrogen and oxygen atoms in total. The third kappa shape index (κ3) is 4.51. The largest absolute Gasteiger partial charge is 0.368 e. The number of hydrogen-bond donors (Lipinski definition) is 2. The van der Waals surface area contributed by atoms with E-state index in [1.807, 2.05) is 66.7 Å². The minimum Gasteiger partial charge on any atom is -0.368 e. The SMILES string of the molecule is NC(=O)C1CCCN1Cc1cccc(NC(=O)c2cc(-c3ccncc3)nc3ccccc23)c1. The molecule has 0 aliphatic carbocycles. The molecule has 0 saturated carbocycles. The molecule has 1 aliphatic rings. The maximum absolute atomic E-state index is 13.4. The molecule has 0 radical (unpaired) electrons. The number of rotatable bonds is 6. The number of aromatic nitrogens is 2. The van der Waals surface area contributed by atoms with E-state index in [0.29, 0.717) is 23.5 Å². The molecule has 170 valence electrons. The smallest absolute Gasteiger partial charge is 0.256 e. The van der Waals surface area contributed by atoms with Crippen molar-refractivity contribution >= 4 is 28.4 Å². The summed E-state index contributed by atoms with van der Waals surface area (Å²) in [5.74, 6) is -0.487. The van der Waals surface area contributed by atoms with Gasteiger partial charge in [0.2, 0.25) is 5.91 Å². The van der Waals surface area contributed by atoms with Gasteiger partial charge in [0.05, 0.1) is 22.8 Å². The quantitative estimate of drug-likeness (QED) is 0.461. The van der Waals surface area contributed by atoms with Gasteiger partial charge in [-0.3, -0.25) is 19.5 Å². The first-order valence-corrected chi connectivity index (χ1v) is 11.3. The Labute approximate surface area is 197 Å². The van der Waals surface area contributed by atoms with Gasteiger partial charge in [0.1, 0.15) is 0 Å². The highest BCUT2D eigenvalue weighted by Crippen LogP contribution is 2.26.